The van der Waals surface area contributed by atoms with Gasteiger partial charge in [0.15, 0.2) is 0 Å². The largest absolute Gasteiger partial charge is 0.358 e. The monoisotopic (exact) mass is 343 g/mol. The van der Waals surface area contributed by atoms with Crippen LogP contribution in [-0.4, -0.2) is 22.3 Å². The Balaban J connectivity index is 1.81. The molecule has 0 aromatic heterocycles. The highest BCUT2D eigenvalue weighted by molar-refractivity contribution is 9.10. The third-order valence-electron chi connectivity index (χ3n) is 3.14. The van der Waals surface area contributed by atoms with Gasteiger partial charge in [-0.15, -0.1) is 0 Å². The minimum atomic E-state index is 0.975. The van der Waals surface area contributed by atoms with Crippen molar-refractivity contribution in [3.63, 3.8) is 0 Å². The molecule has 1 nitrogen and oxygen atoms in total. The van der Waals surface area contributed by atoms with Gasteiger partial charge in [-0.1, -0.05) is 64.9 Å². The van der Waals surface area contributed by atoms with Gasteiger partial charge in [-0.2, -0.15) is 0 Å². The van der Waals surface area contributed by atoms with E-state index in [2.05, 4.69) is 45.1 Å². The van der Waals surface area contributed by atoms with Crippen molar-refractivity contribution in [1.29, 1.82) is 0 Å². The fourth-order valence-electron chi connectivity index (χ4n) is 2.07. The number of nitrogens with zero attached hydrogens (tertiary/aromatic N) is 1. The highest BCUT2D eigenvalue weighted by atomic mass is 79.9. The van der Waals surface area contributed by atoms with Crippen molar-refractivity contribution < 1.29 is 0 Å². The highest BCUT2D eigenvalue weighted by Crippen LogP contribution is 2.21. The zero-order valence-electron chi connectivity index (χ0n) is 10.4. The van der Waals surface area contributed by atoms with Gasteiger partial charge in [-0.25, -0.2) is 0 Å². The Morgan fingerprint density at radius 3 is 2.33 bits per heavy atom. The summed E-state index contributed by atoms with van der Waals surface area (Å²) in [4.78, 5) is 2.38. The van der Waals surface area contributed by atoms with Crippen molar-refractivity contribution in [2.75, 3.05) is 13.1 Å². The van der Waals surface area contributed by atoms with E-state index in [0.717, 1.165) is 27.6 Å². The van der Waals surface area contributed by atoms with E-state index in [0.29, 0.717) is 0 Å². The molecule has 0 amide bonds. The first-order valence-electron chi connectivity index (χ1n) is 6.42. The molecule has 18 heavy (non-hydrogen) atoms. The summed E-state index contributed by atoms with van der Waals surface area (Å²) >= 11 is 10.8. The number of hydrogen-bond acceptors (Lipinski definition) is 2. The second kappa shape index (κ2) is 7.51. The Bertz CT molecular complexity index is 383. The molecule has 1 aliphatic rings. The van der Waals surface area contributed by atoms with Gasteiger partial charge in [-0.3, -0.25) is 0 Å². The third kappa shape index (κ3) is 4.56. The molecule has 1 saturated heterocycles. The molecule has 0 aliphatic carbocycles. The molecule has 0 spiro atoms. The summed E-state index contributed by atoms with van der Waals surface area (Å²) in [5.74, 6) is 0.975. The smallest absolute Gasteiger partial charge is 0.136 e. The molecular formula is C14H18BrNS2. The zero-order valence-corrected chi connectivity index (χ0v) is 13.6. The lowest BCUT2D eigenvalue weighted by molar-refractivity contribution is 0.450. The molecule has 0 unspecified atom stereocenters. The lowest BCUT2D eigenvalue weighted by Crippen LogP contribution is -2.28. The summed E-state index contributed by atoms with van der Waals surface area (Å²) < 4.78 is 2.20. The number of likely N-dealkylation sites (tertiary alicyclic amines) is 1. The molecule has 0 bridgehead atoms. The molecule has 0 radical (unpaired) electrons. The van der Waals surface area contributed by atoms with Gasteiger partial charge >= 0.3 is 0 Å². The molecule has 1 aromatic rings. The Kier molecular flexibility index (Phi) is 5.99. The first kappa shape index (κ1) is 14.4. The molecule has 98 valence electrons. The van der Waals surface area contributed by atoms with Gasteiger partial charge in [0, 0.05) is 23.3 Å². The van der Waals surface area contributed by atoms with Crippen LogP contribution in [0, 0.1) is 0 Å². The predicted octanol–water partition coefficient (Wildman–Crippen LogP) is 4.84. The Morgan fingerprint density at radius 2 is 1.72 bits per heavy atom. The fourth-order valence-corrected chi connectivity index (χ4v) is 3.54. The molecule has 1 fully saturated rings. The molecule has 4 heteroatoms. The lowest BCUT2D eigenvalue weighted by atomic mass is 10.2. The van der Waals surface area contributed by atoms with Crippen LogP contribution in [0.15, 0.2) is 28.7 Å². The highest BCUT2D eigenvalue weighted by Gasteiger charge is 2.12. The van der Waals surface area contributed by atoms with Crippen molar-refractivity contribution >= 4 is 44.2 Å². The SMILES string of the molecule is S=C(SCc1ccc(Br)cc1)N1CCCCCC1. The van der Waals surface area contributed by atoms with E-state index in [-0.39, 0.29) is 0 Å². The summed E-state index contributed by atoms with van der Waals surface area (Å²) in [7, 11) is 0. The van der Waals surface area contributed by atoms with Crippen LogP contribution in [0.4, 0.5) is 0 Å². The van der Waals surface area contributed by atoms with Crippen LogP contribution >= 0.6 is 39.9 Å². The minimum absolute atomic E-state index is 0.975. The van der Waals surface area contributed by atoms with Crippen molar-refractivity contribution in [2.45, 2.75) is 31.4 Å². The quantitative estimate of drug-likeness (QED) is 0.707. The maximum absolute atomic E-state index is 5.54. The number of halogens is 1. The first-order valence-corrected chi connectivity index (χ1v) is 8.60. The summed E-state index contributed by atoms with van der Waals surface area (Å²) in [6, 6.07) is 8.49. The molecule has 1 heterocycles. The summed E-state index contributed by atoms with van der Waals surface area (Å²) in [5, 5.41) is 0. The van der Waals surface area contributed by atoms with E-state index in [1.807, 2.05) is 0 Å². The molecular weight excluding hydrogens is 326 g/mol. The zero-order chi connectivity index (χ0) is 12.8. The van der Waals surface area contributed by atoms with Crippen molar-refractivity contribution in [2.24, 2.45) is 0 Å². The molecule has 1 aliphatic heterocycles. The fraction of sp³-hybridized carbons (Fsp3) is 0.500. The lowest BCUT2D eigenvalue weighted by Gasteiger charge is -2.22. The maximum atomic E-state index is 5.54. The number of thioether (sulfide) groups is 1. The molecule has 0 N–H and O–H groups in total. The van der Waals surface area contributed by atoms with E-state index in [1.165, 1.54) is 31.2 Å². The average Bonchev–Trinajstić information content (AvgIpc) is 2.66. The molecule has 0 atom stereocenters. The van der Waals surface area contributed by atoms with Gasteiger partial charge in [0.25, 0.3) is 0 Å². The van der Waals surface area contributed by atoms with Crippen molar-refractivity contribution in [1.82, 2.24) is 4.90 Å². The Morgan fingerprint density at radius 1 is 1.11 bits per heavy atom. The van der Waals surface area contributed by atoms with Gasteiger partial charge in [0.2, 0.25) is 0 Å². The Labute approximate surface area is 127 Å². The van der Waals surface area contributed by atoms with E-state index >= 15 is 0 Å². The summed E-state index contributed by atoms with van der Waals surface area (Å²) in [6.45, 7) is 2.29. The van der Waals surface area contributed by atoms with Crippen LogP contribution < -0.4 is 0 Å². The van der Waals surface area contributed by atoms with Crippen molar-refractivity contribution in [3.8, 4) is 0 Å². The van der Waals surface area contributed by atoms with Gasteiger partial charge in [-0.05, 0) is 30.5 Å². The summed E-state index contributed by atoms with van der Waals surface area (Å²) in [6.07, 6.45) is 5.30. The first-order chi connectivity index (χ1) is 8.75. The average molecular weight is 344 g/mol. The molecule has 0 saturated carbocycles. The van der Waals surface area contributed by atoms with Crippen LogP contribution in [-0.2, 0) is 5.75 Å². The topological polar surface area (TPSA) is 3.24 Å². The third-order valence-corrected chi connectivity index (χ3v) is 5.26. The van der Waals surface area contributed by atoms with Crippen molar-refractivity contribution in [3.05, 3.63) is 34.3 Å². The van der Waals surface area contributed by atoms with Gasteiger partial charge in [0.1, 0.15) is 4.32 Å². The molecule has 1 aromatic carbocycles. The number of thiocarbonyl (C=S) groups is 1. The standard InChI is InChI=1S/C14H18BrNS2/c15-13-7-5-12(6-8-13)11-18-14(17)16-9-3-1-2-4-10-16/h5-8H,1-4,9-11H2. The van der Waals surface area contributed by atoms with Crippen LogP contribution in [0.5, 0.6) is 0 Å². The molecule has 2 rings (SSSR count). The second-order valence-electron chi connectivity index (χ2n) is 4.58. The predicted molar refractivity (Wildman–Crippen MR) is 88.1 cm³/mol. The minimum Gasteiger partial charge on any atom is -0.358 e. The number of hydrogen-bond donors (Lipinski definition) is 0. The second-order valence-corrected chi connectivity index (χ2v) is 7.11. The number of benzene rings is 1. The summed E-state index contributed by atoms with van der Waals surface area (Å²) in [5.41, 5.74) is 1.33. The van der Waals surface area contributed by atoms with Crippen LogP contribution in [0.3, 0.4) is 0 Å². The normalized spacial score (nSPS) is 16.4. The van der Waals surface area contributed by atoms with E-state index in [4.69, 9.17) is 12.2 Å². The van der Waals surface area contributed by atoms with Crippen LogP contribution in [0.2, 0.25) is 0 Å². The van der Waals surface area contributed by atoms with E-state index in [9.17, 15) is 0 Å². The van der Waals surface area contributed by atoms with Gasteiger partial charge in [0.05, 0.1) is 0 Å². The van der Waals surface area contributed by atoms with E-state index < -0.39 is 0 Å². The van der Waals surface area contributed by atoms with Gasteiger partial charge < -0.3 is 4.90 Å². The Hall–Kier alpha value is -0.0600. The van der Waals surface area contributed by atoms with Crippen LogP contribution in [0.25, 0.3) is 0 Å². The van der Waals surface area contributed by atoms with E-state index in [1.54, 1.807) is 11.8 Å². The van der Waals surface area contributed by atoms with Crippen LogP contribution in [0.1, 0.15) is 31.2 Å². The maximum Gasteiger partial charge on any atom is 0.136 e. The number of rotatable bonds is 2.